The Morgan fingerprint density at radius 3 is 2.88 bits per heavy atom. The highest BCUT2D eigenvalue weighted by molar-refractivity contribution is 7.98. The van der Waals surface area contributed by atoms with E-state index in [1.165, 1.54) is 11.8 Å². The van der Waals surface area contributed by atoms with Gasteiger partial charge in [0.05, 0.1) is 4.92 Å². The van der Waals surface area contributed by atoms with E-state index in [0.717, 1.165) is 0 Å². The predicted molar refractivity (Wildman–Crippen MR) is 60.5 cm³/mol. The van der Waals surface area contributed by atoms with Crippen LogP contribution in [-0.4, -0.2) is 15.6 Å². The molecule has 0 radical (unpaired) electrons. The molecule has 0 atom stereocenters. The molecule has 16 heavy (non-hydrogen) atoms. The molecule has 2 rings (SSSR count). The van der Waals surface area contributed by atoms with E-state index in [4.69, 9.17) is 5.26 Å². The van der Waals surface area contributed by atoms with Gasteiger partial charge in [0.2, 0.25) is 0 Å². The van der Waals surface area contributed by atoms with Crippen molar-refractivity contribution in [1.29, 1.82) is 5.26 Å². The second kappa shape index (κ2) is 3.87. The summed E-state index contributed by atoms with van der Waals surface area (Å²) in [6.45, 7) is 0. The Hall–Kier alpha value is -2.00. The Kier molecular flexibility index (Phi) is 2.54. The molecule has 2 aromatic rings. The van der Waals surface area contributed by atoms with Gasteiger partial charge in [-0.2, -0.15) is 5.26 Å². The third-order valence-electron chi connectivity index (χ3n) is 2.27. The number of thioether (sulfide) groups is 1. The fourth-order valence-electron chi connectivity index (χ4n) is 1.64. The van der Waals surface area contributed by atoms with E-state index in [0.29, 0.717) is 16.1 Å². The Morgan fingerprint density at radius 2 is 2.31 bits per heavy atom. The van der Waals surface area contributed by atoms with Crippen LogP contribution < -0.4 is 0 Å². The number of hydrogen-bond acceptors (Lipinski definition) is 4. The van der Waals surface area contributed by atoms with Crippen molar-refractivity contribution in [1.82, 2.24) is 4.40 Å². The SMILES string of the molecule is CSc1c([N+](=O)[O-])c2ccccn2c1C#N. The van der Waals surface area contributed by atoms with E-state index >= 15 is 0 Å². The van der Waals surface area contributed by atoms with Crippen molar-refractivity contribution in [2.24, 2.45) is 0 Å². The molecule has 0 N–H and O–H groups in total. The Balaban J connectivity index is 2.97. The molecule has 0 saturated carbocycles. The smallest absolute Gasteiger partial charge is 0.301 e. The van der Waals surface area contributed by atoms with Crippen molar-refractivity contribution in [3.63, 3.8) is 0 Å². The first-order chi connectivity index (χ1) is 7.70. The fourth-order valence-corrected chi connectivity index (χ4v) is 2.35. The number of pyridine rings is 1. The van der Waals surface area contributed by atoms with Gasteiger partial charge < -0.3 is 4.40 Å². The van der Waals surface area contributed by atoms with Gasteiger partial charge in [0.1, 0.15) is 22.2 Å². The van der Waals surface area contributed by atoms with Crippen molar-refractivity contribution < 1.29 is 4.92 Å². The molecular weight excluding hydrogens is 226 g/mol. The van der Waals surface area contributed by atoms with Crippen LogP contribution in [0.3, 0.4) is 0 Å². The standard InChI is InChI=1S/C10H7N3O2S/c1-16-10-8(6-11)12-5-3-2-4-7(12)9(10)13(14)15/h2-5H,1H3. The average Bonchev–Trinajstić information content (AvgIpc) is 2.62. The van der Waals surface area contributed by atoms with Gasteiger partial charge in [0, 0.05) is 6.20 Å². The first-order valence-electron chi connectivity index (χ1n) is 4.42. The summed E-state index contributed by atoms with van der Waals surface area (Å²) in [6.07, 6.45) is 3.38. The molecule has 0 spiro atoms. The quantitative estimate of drug-likeness (QED) is 0.453. The second-order valence-corrected chi connectivity index (χ2v) is 3.87. The largest absolute Gasteiger partial charge is 0.309 e. The molecule has 2 aromatic heterocycles. The van der Waals surface area contributed by atoms with E-state index in [2.05, 4.69) is 0 Å². The fraction of sp³-hybridized carbons (Fsp3) is 0.100. The van der Waals surface area contributed by atoms with Crippen LogP contribution in [0, 0.1) is 21.4 Å². The maximum Gasteiger partial charge on any atom is 0.309 e. The van der Waals surface area contributed by atoms with Gasteiger partial charge in [0.25, 0.3) is 0 Å². The van der Waals surface area contributed by atoms with Crippen molar-refractivity contribution in [2.45, 2.75) is 4.90 Å². The van der Waals surface area contributed by atoms with Crippen molar-refractivity contribution in [3.05, 3.63) is 40.2 Å². The summed E-state index contributed by atoms with van der Waals surface area (Å²) in [4.78, 5) is 11.0. The van der Waals surface area contributed by atoms with E-state index in [9.17, 15) is 10.1 Å². The van der Waals surface area contributed by atoms with Crippen molar-refractivity contribution in [2.75, 3.05) is 6.26 Å². The Labute approximate surface area is 95.4 Å². The summed E-state index contributed by atoms with van der Waals surface area (Å²) in [7, 11) is 0. The highest BCUT2D eigenvalue weighted by Crippen LogP contribution is 2.36. The van der Waals surface area contributed by atoms with Gasteiger partial charge in [-0.15, -0.1) is 11.8 Å². The zero-order chi connectivity index (χ0) is 11.7. The summed E-state index contributed by atoms with van der Waals surface area (Å²) >= 11 is 1.22. The lowest BCUT2D eigenvalue weighted by Crippen LogP contribution is -1.88. The second-order valence-electron chi connectivity index (χ2n) is 3.06. The average molecular weight is 233 g/mol. The lowest BCUT2D eigenvalue weighted by Gasteiger charge is -1.92. The first-order valence-corrected chi connectivity index (χ1v) is 5.64. The van der Waals surface area contributed by atoms with Crippen LogP contribution in [0.1, 0.15) is 5.69 Å². The van der Waals surface area contributed by atoms with Crippen molar-refractivity contribution in [3.8, 4) is 6.07 Å². The number of rotatable bonds is 2. The zero-order valence-electron chi connectivity index (χ0n) is 8.38. The molecule has 0 bridgehead atoms. The molecule has 0 amide bonds. The predicted octanol–water partition coefficient (Wildman–Crippen LogP) is 2.44. The number of fused-ring (bicyclic) bond motifs is 1. The minimum absolute atomic E-state index is 0.00431. The highest BCUT2D eigenvalue weighted by Gasteiger charge is 2.25. The molecule has 0 aliphatic rings. The van der Waals surface area contributed by atoms with E-state index < -0.39 is 4.92 Å². The van der Waals surface area contributed by atoms with Crippen LogP contribution in [0.2, 0.25) is 0 Å². The maximum atomic E-state index is 11.0. The zero-order valence-corrected chi connectivity index (χ0v) is 9.19. The van der Waals surface area contributed by atoms with Crippen LogP contribution in [-0.2, 0) is 0 Å². The van der Waals surface area contributed by atoms with Crippen LogP contribution >= 0.6 is 11.8 Å². The molecule has 0 aromatic carbocycles. The van der Waals surface area contributed by atoms with Gasteiger partial charge in [-0.1, -0.05) is 6.07 Å². The number of nitriles is 1. The molecular formula is C10H7N3O2S. The van der Waals surface area contributed by atoms with E-state index in [1.807, 2.05) is 6.07 Å². The van der Waals surface area contributed by atoms with E-state index in [-0.39, 0.29) is 5.69 Å². The van der Waals surface area contributed by atoms with Crippen LogP contribution in [0.15, 0.2) is 29.3 Å². The summed E-state index contributed by atoms with van der Waals surface area (Å²) in [5.74, 6) is 0. The third kappa shape index (κ3) is 1.33. The van der Waals surface area contributed by atoms with Gasteiger partial charge in [-0.3, -0.25) is 10.1 Å². The van der Waals surface area contributed by atoms with Crippen molar-refractivity contribution >= 4 is 23.0 Å². The topological polar surface area (TPSA) is 71.3 Å². The Morgan fingerprint density at radius 1 is 1.56 bits per heavy atom. The lowest BCUT2D eigenvalue weighted by atomic mass is 10.3. The number of aromatic nitrogens is 1. The number of nitrogens with zero attached hydrogens (tertiary/aromatic N) is 3. The number of hydrogen-bond donors (Lipinski definition) is 0. The highest BCUT2D eigenvalue weighted by atomic mass is 32.2. The summed E-state index contributed by atoms with van der Waals surface area (Å²) in [6, 6.07) is 7.09. The van der Waals surface area contributed by atoms with Crippen LogP contribution in [0.4, 0.5) is 5.69 Å². The Bertz CT molecular complexity index is 612. The summed E-state index contributed by atoms with van der Waals surface area (Å²) < 4.78 is 1.55. The molecule has 80 valence electrons. The van der Waals surface area contributed by atoms with Crippen LogP contribution in [0.5, 0.6) is 0 Å². The van der Waals surface area contributed by atoms with E-state index in [1.54, 1.807) is 35.1 Å². The normalized spacial score (nSPS) is 10.2. The van der Waals surface area contributed by atoms with Gasteiger partial charge in [-0.25, -0.2) is 0 Å². The van der Waals surface area contributed by atoms with Gasteiger partial charge in [-0.05, 0) is 18.4 Å². The van der Waals surface area contributed by atoms with Gasteiger partial charge in [0.15, 0.2) is 0 Å². The summed E-state index contributed by atoms with van der Waals surface area (Å²) in [5.41, 5.74) is 0.771. The molecule has 6 heteroatoms. The van der Waals surface area contributed by atoms with Gasteiger partial charge >= 0.3 is 5.69 Å². The summed E-state index contributed by atoms with van der Waals surface area (Å²) in [5, 5.41) is 20.0. The molecule has 0 aliphatic heterocycles. The van der Waals surface area contributed by atoms with Crippen LogP contribution in [0.25, 0.3) is 5.52 Å². The lowest BCUT2D eigenvalue weighted by molar-refractivity contribution is -0.385. The molecule has 2 heterocycles. The molecule has 0 fully saturated rings. The third-order valence-corrected chi connectivity index (χ3v) is 3.06. The maximum absolute atomic E-state index is 11.0. The molecule has 0 saturated heterocycles. The first kappa shape index (κ1) is 10.5. The molecule has 0 unspecified atom stereocenters. The molecule has 0 aliphatic carbocycles. The monoisotopic (exact) mass is 233 g/mol. The minimum Gasteiger partial charge on any atom is -0.301 e. The number of nitro groups is 1. The molecule has 5 nitrogen and oxygen atoms in total. The minimum atomic E-state index is -0.442.